The highest BCUT2D eigenvalue weighted by molar-refractivity contribution is 9.09. The Balaban J connectivity index is 2.23. The minimum Gasteiger partial charge on any atom is -0.496 e. The second-order valence-corrected chi connectivity index (χ2v) is 6.12. The third-order valence-corrected chi connectivity index (χ3v) is 4.46. The minimum atomic E-state index is 0.108. The Bertz CT molecular complexity index is 472. The first-order valence-electron chi connectivity index (χ1n) is 7.19. The van der Waals surface area contributed by atoms with E-state index in [2.05, 4.69) is 15.9 Å². The number of aryl methyl sites for hydroxylation is 1. The molecule has 0 aliphatic heterocycles. The van der Waals surface area contributed by atoms with Gasteiger partial charge < -0.3 is 9.64 Å². The molecule has 110 valence electrons. The molecule has 1 amide bonds. The summed E-state index contributed by atoms with van der Waals surface area (Å²) in [5.74, 6) is 0.778. The Morgan fingerprint density at radius 3 is 2.75 bits per heavy atom. The Morgan fingerprint density at radius 1 is 1.45 bits per heavy atom. The zero-order valence-electron chi connectivity index (χ0n) is 12.2. The second kappa shape index (κ2) is 7.11. The molecule has 3 nitrogen and oxygen atoms in total. The van der Waals surface area contributed by atoms with Crippen molar-refractivity contribution in [1.82, 2.24) is 4.90 Å². The molecule has 2 rings (SSSR count). The van der Waals surface area contributed by atoms with Crippen LogP contribution in [0.4, 0.5) is 0 Å². The Labute approximate surface area is 129 Å². The second-order valence-electron chi connectivity index (χ2n) is 5.33. The third-order valence-electron chi connectivity index (χ3n) is 3.89. The number of halogens is 1. The molecule has 1 aliphatic rings. The molecule has 0 bridgehead atoms. The highest BCUT2D eigenvalue weighted by Gasteiger charge is 2.30. The molecule has 1 aromatic carbocycles. The van der Waals surface area contributed by atoms with Crippen molar-refractivity contribution in [2.45, 2.75) is 38.6 Å². The number of carbonyl (C=O) groups excluding carboxylic acids is 1. The smallest absolute Gasteiger partial charge is 0.257 e. The van der Waals surface area contributed by atoms with Crippen LogP contribution in [0.25, 0.3) is 0 Å². The standard InChI is InChI=1S/C16H22BrNO2/c1-12-7-8-15(20-2)14(11-12)16(19)18(10-4-9-17)13-5-3-6-13/h7-8,11,13H,3-6,9-10H2,1-2H3. The molecule has 0 atom stereocenters. The van der Waals surface area contributed by atoms with Gasteiger partial charge in [-0.05, 0) is 44.7 Å². The molecule has 0 heterocycles. The lowest BCUT2D eigenvalue weighted by atomic mass is 9.90. The van der Waals surface area contributed by atoms with Crippen LogP contribution in [0.2, 0.25) is 0 Å². The first-order chi connectivity index (χ1) is 9.67. The van der Waals surface area contributed by atoms with Gasteiger partial charge in [-0.1, -0.05) is 27.6 Å². The number of hydrogen-bond acceptors (Lipinski definition) is 2. The normalized spacial score (nSPS) is 14.8. The van der Waals surface area contributed by atoms with Crippen LogP contribution in [0.5, 0.6) is 5.75 Å². The summed E-state index contributed by atoms with van der Waals surface area (Å²) in [5, 5.41) is 0.925. The van der Waals surface area contributed by atoms with Crippen molar-refractivity contribution in [3.8, 4) is 5.75 Å². The number of rotatable bonds is 6. The van der Waals surface area contributed by atoms with Gasteiger partial charge in [0.25, 0.3) is 5.91 Å². The molecular formula is C16H22BrNO2. The van der Waals surface area contributed by atoms with E-state index in [4.69, 9.17) is 4.74 Å². The van der Waals surface area contributed by atoms with Gasteiger partial charge >= 0.3 is 0 Å². The van der Waals surface area contributed by atoms with Gasteiger partial charge in [-0.3, -0.25) is 4.79 Å². The molecule has 1 aliphatic carbocycles. The average molecular weight is 340 g/mol. The predicted molar refractivity (Wildman–Crippen MR) is 84.8 cm³/mol. The molecule has 1 fully saturated rings. The van der Waals surface area contributed by atoms with E-state index in [1.165, 1.54) is 6.42 Å². The van der Waals surface area contributed by atoms with Gasteiger partial charge in [0.05, 0.1) is 12.7 Å². The van der Waals surface area contributed by atoms with Crippen LogP contribution in [0.1, 0.15) is 41.6 Å². The van der Waals surface area contributed by atoms with Crippen LogP contribution < -0.4 is 4.74 Å². The Hall–Kier alpha value is -1.03. The van der Waals surface area contributed by atoms with Crippen LogP contribution in [-0.2, 0) is 0 Å². The van der Waals surface area contributed by atoms with Gasteiger partial charge in [0.2, 0.25) is 0 Å². The lowest BCUT2D eigenvalue weighted by Crippen LogP contribution is -2.45. The van der Waals surface area contributed by atoms with E-state index in [1.54, 1.807) is 7.11 Å². The van der Waals surface area contributed by atoms with Gasteiger partial charge in [-0.2, -0.15) is 0 Å². The van der Waals surface area contributed by atoms with Crippen molar-refractivity contribution in [2.24, 2.45) is 0 Å². The maximum Gasteiger partial charge on any atom is 0.257 e. The predicted octanol–water partition coefficient (Wildman–Crippen LogP) is 3.78. The number of alkyl halides is 1. The van der Waals surface area contributed by atoms with Crippen LogP contribution in [0.15, 0.2) is 18.2 Å². The quantitative estimate of drug-likeness (QED) is 0.738. The van der Waals surface area contributed by atoms with E-state index < -0.39 is 0 Å². The van der Waals surface area contributed by atoms with Crippen molar-refractivity contribution < 1.29 is 9.53 Å². The van der Waals surface area contributed by atoms with E-state index >= 15 is 0 Å². The van der Waals surface area contributed by atoms with Gasteiger partial charge in [-0.15, -0.1) is 0 Å². The summed E-state index contributed by atoms with van der Waals surface area (Å²) in [6.07, 6.45) is 4.47. The fraction of sp³-hybridized carbons (Fsp3) is 0.562. The highest BCUT2D eigenvalue weighted by atomic mass is 79.9. The molecule has 0 N–H and O–H groups in total. The number of amides is 1. The zero-order chi connectivity index (χ0) is 14.5. The van der Waals surface area contributed by atoms with E-state index in [9.17, 15) is 4.79 Å². The number of ether oxygens (including phenoxy) is 1. The number of hydrogen-bond donors (Lipinski definition) is 0. The van der Waals surface area contributed by atoms with E-state index in [0.29, 0.717) is 17.4 Å². The first-order valence-corrected chi connectivity index (χ1v) is 8.31. The van der Waals surface area contributed by atoms with Crippen molar-refractivity contribution >= 4 is 21.8 Å². The zero-order valence-corrected chi connectivity index (χ0v) is 13.8. The third kappa shape index (κ3) is 3.35. The van der Waals surface area contributed by atoms with E-state index in [0.717, 1.165) is 36.7 Å². The van der Waals surface area contributed by atoms with Crippen LogP contribution in [0, 0.1) is 6.92 Å². The summed E-state index contributed by atoms with van der Waals surface area (Å²) >= 11 is 3.45. The van der Waals surface area contributed by atoms with Crippen LogP contribution in [0.3, 0.4) is 0 Å². The minimum absolute atomic E-state index is 0.108. The molecule has 0 aromatic heterocycles. The van der Waals surface area contributed by atoms with Crippen molar-refractivity contribution in [1.29, 1.82) is 0 Å². The van der Waals surface area contributed by atoms with Crippen LogP contribution >= 0.6 is 15.9 Å². The van der Waals surface area contributed by atoms with Gasteiger partial charge in [-0.25, -0.2) is 0 Å². The number of benzene rings is 1. The molecule has 0 unspecified atom stereocenters. The van der Waals surface area contributed by atoms with E-state index in [-0.39, 0.29) is 5.91 Å². The average Bonchev–Trinajstić information content (AvgIpc) is 2.40. The summed E-state index contributed by atoms with van der Waals surface area (Å²) < 4.78 is 5.35. The lowest BCUT2D eigenvalue weighted by Gasteiger charge is -2.38. The maximum absolute atomic E-state index is 12.8. The molecule has 4 heteroatoms. The molecule has 0 radical (unpaired) electrons. The monoisotopic (exact) mass is 339 g/mol. The summed E-state index contributed by atoms with van der Waals surface area (Å²) in [7, 11) is 1.62. The Morgan fingerprint density at radius 2 is 2.20 bits per heavy atom. The SMILES string of the molecule is COc1ccc(C)cc1C(=O)N(CCCBr)C1CCC1. The highest BCUT2D eigenvalue weighted by Crippen LogP contribution is 2.29. The molecule has 0 spiro atoms. The van der Waals surface area contributed by atoms with Crippen molar-refractivity contribution in [2.75, 3.05) is 19.0 Å². The molecule has 20 heavy (non-hydrogen) atoms. The largest absolute Gasteiger partial charge is 0.496 e. The van der Waals surface area contributed by atoms with Gasteiger partial charge in [0.15, 0.2) is 0 Å². The van der Waals surface area contributed by atoms with Gasteiger partial charge in [0, 0.05) is 17.9 Å². The summed E-state index contributed by atoms with van der Waals surface area (Å²) in [6.45, 7) is 2.81. The molecular weight excluding hydrogens is 318 g/mol. The lowest BCUT2D eigenvalue weighted by molar-refractivity contribution is 0.0578. The number of carbonyl (C=O) groups is 1. The number of nitrogens with zero attached hydrogens (tertiary/aromatic N) is 1. The van der Waals surface area contributed by atoms with Crippen LogP contribution in [-0.4, -0.2) is 35.8 Å². The topological polar surface area (TPSA) is 29.5 Å². The summed E-state index contributed by atoms with van der Waals surface area (Å²) in [4.78, 5) is 14.9. The van der Waals surface area contributed by atoms with Crippen molar-refractivity contribution in [3.05, 3.63) is 29.3 Å². The first kappa shape index (κ1) is 15.4. The van der Waals surface area contributed by atoms with Gasteiger partial charge in [0.1, 0.15) is 5.75 Å². The Kier molecular flexibility index (Phi) is 5.46. The maximum atomic E-state index is 12.8. The molecule has 1 saturated carbocycles. The molecule has 1 aromatic rings. The fourth-order valence-electron chi connectivity index (χ4n) is 2.52. The fourth-order valence-corrected chi connectivity index (χ4v) is 2.77. The molecule has 0 saturated heterocycles. The van der Waals surface area contributed by atoms with Crippen molar-refractivity contribution in [3.63, 3.8) is 0 Å². The van der Waals surface area contributed by atoms with E-state index in [1.807, 2.05) is 30.0 Å². The number of methoxy groups -OCH3 is 1. The summed E-state index contributed by atoms with van der Waals surface area (Å²) in [6, 6.07) is 6.20. The summed E-state index contributed by atoms with van der Waals surface area (Å²) in [5.41, 5.74) is 1.78.